The number of para-hydroxylation sites is 2. The Kier molecular flexibility index (Phi) is 5.84. The van der Waals surface area contributed by atoms with E-state index in [2.05, 4.69) is 5.32 Å². The smallest absolute Gasteiger partial charge is 0.326 e. The lowest BCUT2D eigenvalue weighted by atomic mass is 10.0. The summed E-state index contributed by atoms with van der Waals surface area (Å²) >= 11 is 0. The Bertz CT molecular complexity index is 910. The van der Waals surface area contributed by atoms with E-state index in [1.54, 1.807) is 42.5 Å². The summed E-state index contributed by atoms with van der Waals surface area (Å²) in [6.45, 7) is 0. The van der Waals surface area contributed by atoms with Crippen LogP contribution in [-0.4, -0.2) is 23.0 Å². The highest BCUT2D eigenvalue weighted by atomic mass is 16.5. The quantitative estimate of drug-likeness (QED) is 0.669. The van der Waals surface area contributed by atoms with Crippen LogP contribution in [0.1, 0.15) is 15.9 Å². The summed E-state index contributed by atoms with van der Waals surface area (Å²) in [5, 5.41) is 12.1. The minimum absolute atomic E-state index is 0.108. The summed E-state index contributed by atoms with van der Waals surface area (Å²) < 4.78 is 5.87. The van der Waals surface area contributed by atoms with Gasteiger partial charge in [0.15, 0.2) is 0 Å². The van der Waals surface area contributed by atoms with Crippen LogP contribution in [0.15, 0.2) is 84.9 Å². The number of hydrogen-bond acceptors (Lipinski definition) is 3. The van der Waals surface area contributed by atoms with E-state index in [4.69, 9.17) is 4.74 Å². The summed E-state index contributed by atoms with van der Waals surface area (Å²) in [6.07, 6.45) is 0.108. The van der Waals surface area contributed by atoms with Gasteiger partial charge in [-0.15, -0.1) is 0 Å². The molecule has 136 valence electrons. The molecule has 5 nitrogen and oxygen atoms in total. The molecule has 0 aliphatic rings. The molecule has 0 heterocycles. The van der Waals surface area contributed by atoms with Gasteiger partial charge in [-0.3, -0.25) is 4.79 Å². The maximum Gasteiger partial charge on any atom is 0.326 e. The van der Waals surface area contributed by atoms with Crippen LogP contribution in [0.3, 0.4) is 0 Å². The van der Waals surface area contributed by atoms with Gasteiger partial charge in [0.05, 0.1) is 0 Å². The van der Waals surface area contributed by atoms with Crippen molar-refractivity contribution in [3.05, 3.63) is 96.1 Å². The maximum atomic E-state index is 12.3. The standard InChI is InChI=1S/C22H19NO4/c24-21(16-9-3-1-4-10-16)23-19(22(25)26)15-17-11-7-8-14-20(17)27-18-12-5-2-6-13-18/h1-14,19H,15H2,(H,23,24)(H,25,26). The molecule has 0 aromatic heterocycles. The highest BCUT2D eigenvalue weighted by Crippen LogP contribution is 2.26. The van der Waals surface area contributed by atoms with Crippen LogP contribution in [-0.2, 0) is 11.2 Å². The molecule has 0 saturated heterocycles. The Hall–Kier alpha value is -3.60. The zero-order valence-electron chi connectivity index (χ0n) is 14.5. The topological polar surface area (TPSA) is 75.6 Å². The van der Waals surface area contributed by atoms with E-state index in [0.717, 1.165) is 0 Å². The molecular formula is C22H19NO4. The third kappa shape index (κ3) is 4.95. The molecule has 2 N–H and O–H groups in total. The average Bonchev–Trinajstić information content (AvgIpc) is 2.70. The number of nitrogens with one attached hydrogen (secondary N) is 1. The average molecular weight is 361 g/mol. The molecule has 0 fully saturated rings. The summed E-state index contributed by atoms with van der Waals surface area (Å²) in [5.41, 5.74) is 1.11. The fourth-order valence-electron chi connectivity index (χ4n) is 2.64. The van der Waals surface area contributed by atoms with E-state index >= 15 is 0 Å². The third-order valence-corrected chi connectivity index (χ3v) is 4.01. The van der Waals surface area contributed by atoms with Crippen molar-refractivity contribution in [2.45, 2.75) is 12.5 Å². The fraction of sp³-hybridized carbons (Fsp3) is 0.0909. The summed E-state index contributed by atoms with van der Waals surface area (Å²) in [5.74, 6) is -0.313. The van der Waals surface area contributed by atoms with Crippen molar-refractivity contribution in [1.29, 1.82) is 0 Å². The van der Waals surface area contributed by atoms with E-state index in [1.165, 1.54) is 0 Å². The van der Waals surface area contributed by atoms with Crippen molar-refractivity contribution in [2.24, 2.45) is 0 Å². The number of amides is 1. The molecule has 3 rings (SSSR count). The number of hydrogen-bond donors (Lipinski definition) is 2. The van der Waals surface area contributed by atoms with Crippen molar-refractivity contribution < 1.29 is 19.4 Å². The lowest BCUT2D eigenvalue weighted by Gasteiger charge is -2.17. The summed E-state index contributed by atoms with van der Waals surface area (Å²) in [6, 6.07) is 23.9. The molecule has 0 saturated carbocycles. The predicted molar refractivity (Wildman–Crippen MR) is 102 cm³/mol. The zero-order valence-corrected chi connectivity index (χ0v) is 14.5. The van der Waals surface area contributed by atoms with Crippen molar-refractivity contribution in [1.82, 2.24) is 5.32 Å². The molecule has 0 radical (unpaired) electrons. The second kappa shape index (κ2) is 8.67. The summed E-state index contributed by atoms with van der Waals surface area (Å²) in [4.78, 5) is 24.0. The molecule has 5 heteroatoms. The van der Waals surface area contributed by atoms with E-state index in [-0.39, 0.29) is 6.42 Å². The predicted octanol–water partition coefficient (Wildman–Crippen LogP) is 3.90. The van der Waals surface area contributed by atoms with Gasteiger partial charge >= 0.3 is 5.97 Å². The van der Waals surface area contributed by atoms with E-state index in [0.29, 0.717) is 22.6 Å². The Morgan fingerprint density at radius 2 is 1.44 bits per heavy atom. The summed E-state index contributed by atoms with van der Waals surface area (Å²) in [7, 11) is 0. The van der Waals surface area contributed by atoms with Crippen LogP contribution in [0.4, 0.5) is 0 Å². The highest BCUT2D eigenvalue weighted by molar-refractivity contribution is 5.96. The molecule has 0 bridgehead atoms. The molecular weight excluding hydrogens is 342 g/mol. The van der Waals surface area contributed by atoms with Crippen LogP contribution in [0.25, 0.3) is 0 Å². The van der Waals surface area contributed by atoms with Crippen LogP contribution >= 0.6 is 0 Å². The Morgan fingerprint density at radius 1 is 0.852 bits per heavy atom. The van der Waals surface area contributed by atoms with Gasteiger partial charge in [-0.2, -0.15) is 0 Å². The Labute approximate surface area is 157 Å². The number of benzene rings is 3. The van der Waals surface area contributed by atoms with Crippen LogP contribution in [0.2, 0.25) is 0 Å². The largest absolute Gasteiger partial charge is 0.480 e. The second-order valence-electron chi connectivity index (χ2n) is 5.96. The molecule has 1 unspecified atom stereocenters. The van der Waals surface area contributed by atoms with Crippen LogP contribution < -0.4 is 10.1 Å². The van der Waals surface area contributed by atoms with Crippen LogP contribution in [0.5, 0.6) is 11.5 Å². The van der Waals surface area contributed by atoms with Gasteiger partial charge in [0, 0.05) is 12.0 Å². The normalized spacial score (nSPS) is 11.4. The molecule has 3 aromatic carbocycles. The first-order valence-electron chi connectivity index (χ1n) is 8.53. The van der Waals surface area contributed by atoms with Crippen molar-refractivity contribution >= 4 is 11.9 Å². The first-order valence-corrected chi connectivity index (χ1v) is 8.53. The Balaban J connectivity index is 1.77. The van der Waals surface area contributed by atoms with Crippen molar-refractivity contribution in [3.63, 3.8) is 0 Å². The van der Waals surface area contributed by atoms with E-state index in [1.807, 2.05) is 42.5 Å². The first kappa shape index (κ1) is 18.2. The van der Waals surface area contributed by atoms with Crippen molar-refractivity contribution in [3.8, 4) is 11.5 Å². The third-order valence-electron chi connectivity index (χ3n) is 4.01. The molecule has 0 aliphatic heterocycles. The van der Waals surface area contributed by atoms with Gasteiger partial charge in [-0.1, -0.05) is 54.6 Å². The molecule has 0 spiro atoms. The zero-order chi connectivity index (χ0) is 19.1. The second-order valence-corrected chi connectivity index (χ2v) is 5.96. The molecule has 1 atom stereocenters. The number of rotatable bonds is 7. The van der Waals surface area contributed by atoms with E-state index < -0.39 is 17.9 Å². The number of carboxylic acids is 1. The van der Waals surface area contributed by atoms with Gasteiger partial charge in [0.25, 0.3) is 5.91 Å². The van der Waals surface area contributed by atoms with Crippen molar-refractivity contribution in [2.75, 3.05) is 0 Å². The first-order chi connectivity index (χ1) is 13.1. The fourth-order valence-corrected chi connectivity index (χ4v) is 2.64. The van der Waals surface area contributed by atoms with Gasteiger partial charge < -0.3 is 15.2 Å². The number of ether oxygens (including phenoxy) is 1. The van der Waals surface area contributed by atoms with Gasteiger partial charge in [-0.25, -0.2) is 4.79 Å². The Morgan fingerprint density at radius 3 is 2.11 bits per heavy atom. The number of carboxylic acid groups (broad SMARTS) is 1. The van der Waals surface area contributed by atoms with E-state index in [9.17, 15) is 14.7 Å². The monoisotopic (exact) mass is 361 g/mol. The molecule has 3 aromatic rings. The van der Waals surface area contributed by atoms with Gasteiger partial charge in [0.1, 0.15) is 17.5 Å². The number of carbonyl (C=O) groups is 2. The number of carbonyl (C=O) groups excluding carboxylic acids is 1. The van der Waals surface area contributed by atoms with Gasteiger partial charge in [-0.05, 0) is 35.9 Å². The molecule has 1 amide bonds. The van der Waals surface area contributed by atoms with Gasteiger partial charge in [0.2, 0.25) is 0 Å². The van der Waals surface area contributed by atoms with Crippen LogP contribution in [0, 0.1) is 0 Å². The highest BCUT2D eigenvalue weighted by Gasteiger charge is 2.22. The lowest BCUT2D eigenvalue weighted by molar-refractivity contribution is -0.139. The molecule has 0 aliphatic carbocycles. The number of aliphatic carboxylic acids is 1. The molecule has 27 heavy (non-hydrogen) atoms. The SMILES string of the molecule is O=C(NC(Cc1ccccc1Oc1ccccc1)C(=O)O)c1ccccc1. The minimum Gasteiger partial charge on any atom is -0.480 e. The maximum absolute atomic E-state index is 12.3. The minimum atomic E-state index is -1.10. The lowest BCUT2D eigenvalue weighted by Crippen LogP contribution is -2.42.